The fourth-order valence-corrected chi connectivity index (χ4v) is 5.50. The molecule has 2 saturated heterocycles. The monoisotopic (exact) mass is 561 g/mol. The molecule has 38 heavy (non-hydrogen) atoms. The van der Waals surface area contributed by atoms with Crippen LogP contribution in [0, 0.1) is 0 Å². The van der Waals surface area contributed by atoms with Gasteiger partial charge in [-0.15, -0.1) is 0 Å². The molecule has 2 aromatic rings. The van der Waals surface area contributed by atoms with Crippen LogP contribution in [-0.2, 0) is 27.3 Å². The molecule has 2 fully saturated rings. The summed E-state index contributed by atoms with van der Waals surface area (Å²) in [5, 5.41) is 7.61. The quantitative estimate of drug-likeness (QED) is 0.464. The van der Waals surface area contributed by atoms with Gasteiger partial charge < -0.3 is 30.1 Å². The standard InChI is InChI=1S/C28H37Cl2N5O3/c1-20(38-2)17-32-18-22-5-3-4-6-25(22)33-11-13-34(14-12-33)28(37)26(35-10-9-31-19-27(35)36)15-21-7-8-23(29)16-24(21)30/h3-8,16,20,26,31-32H,9-15,17-19H2,1-2H3. The zero-order chi connectivity index (χ0) is 27.1. The van der Waals surface area contributed by atoms with Gasteiger partial charge >= 0.3 is 0 Å². The van der Waals surface area contributed by atoms with Crippen LogP contribution < -0.4 is 15.5 Å². The Kier molecular flexibility index (Phi) is 10.3. The Labute approximate surface area is 235 Å². The highest BCUT2D eigenvalue weighted by atomic mass is 35.5. The van der Waals surface area contributed by atoms with Crippen LogP contribution >= 0.6 is 23.2 Å². The Morgan fingerprint density at radius 2 is 1.84 bits per heavy atom. The second-order valence-electron chi connectivity index (χ2n) is 9.84. The number of amides is 2. The second kappa shape index (κ2) is 13.6. The Morgan fingerprint density at radius 3 is 2.55 bits per heavy atom. The van der Waals surface area contributed by atoms with E-state index in [1.807, 2.05) is 17.9 Å². The highest BCUT2D eigenvalue weighted by molar-refractivity contribution is 6.35. The van der Waals surface area contributed by atoms with E-state index in [2.05, 4.69) is 39.8 Å². The number of nitrogens with zero attached hydrogens (tertiary/aromatic N) is 3. The molecule has 0 spiro atoms. The van der Waals surface area contributed by atoms with E-state index in [1.54, 1.807) is 24.1 Å². The molecule has 8 nitrogen and oxygen atoms in total. The first-order valence-corrected chi connectivity index (χ1v) is 13.9. The van der Waals surface area contributed by atoms with Crippen molar-refractivity contribution in [2.75, 3.05) is 64.4 Å². The summed E-state index contributed by atoms with van der Waals surface area (Å²) >= 11 is 12.5. The molecule has 10 heteroatoms. The fraction of sp³-hybridized carbons (Fsp3) is 0.500. The lowest BCUT2D eigenvalue weighted by atomic mass is 10.0. The molecule has 0 aliphatic carbocycles. The Balaban J connectivity index is 1.44. The maximum Gasteiger partial charge on any atom is 0.245 e. The number of methoxy groups -OCH3 is 1. The normalized spacial score (nSPS) is 18.0. The molecule has 2 heterocycles. The van der Waals surface area contributed by atoms with Crippen molar-refractivity contribution in [1.29, 1.82) is 0 Å². The van der Waals surface area contributed by atoms with E-state index in [1.165, 1.54) is 11.3 Å². The van der Waals surface area contributed by atoms with Gasteiger partial charge in [0.2, 0.25) is 11.8 Å². The number of halogens is 2. The highest BCUT2D eigenvalue weighted by Gasteiger charge is 2.36. The zero-order valence-electron chi connectivity index (χ0n) is 22.1. The Bertz CT molecular complexity index is 1110. The summed E-state index contributed by atoms with van der Waals surface area (Å²) in [5.41, 5.74) is 3.21. The van der Waals surface area contributed by atoms with Crippen molar-refractivity contribution in [2.24, 2.45) is 0 Å². The lowest BCUT2D eigenvalue weighted by molar-refractivity contribution is -0.146. The summed E-state index contributed by atoms with van der Waals surface area (Å²) in [7, 11) is 1.72. The van der Waals surface area contributed by atoms with Crippen molar-refractivity contribution in [2.45, 2.75) is 32.0 Å². The van der Waals surface area contributed by atoms with E-state index in [4.69, 9.17) is 27.9 Å². The number of carbonyl (C=O) groups is 2. The maximum atomic E-state index is 13.9. The predicted molar refractivity (Wildman–Crippen MR) is 152 cm³/mol. The lowest BCUT2D eigenvalue weighted by Gasteiger charge is -2.41. The molecule has 2 aromatic carbocycles. The molecular weight excluding hydrogens is 525 g/mol. The van der Waals surface area contributed by atoms with Crippen LogP contribution in [0.4, 0.5) is 5.69 Å². The molecule has 2 amide bonds. The third-order valence-corrected chi connectivity index (χ3v) is 7.88. The van der Waals surface area contributed by atoms with Gasteiger partial charge in [-0.05, 0) is 36.2 Å². The fourth-order valence-electron chi connectivity index (χ4n) is 5.02. The number of nitrogens with one attached hydrogen (secondary N) is 2. The third kappa shape index (κ3) is 7.18. The zero-order valence-corrected chi connectivity index (χ0v) is 23.6. The van der Waals surface area contributed by atoms with Crippen molar-refractivity contribution in [3.8, 4) is 0 Å². The predicted octanol–water partition coefficient (Wildman–Crippen LogP) is 2.81. The number of hydrogen-bond donors (Lipinski definition) is 2. The van der Waals surface area contributed by atoms with Crippen molar-refractivity contribution < 1.29 is 14.3 Å². The lowest BCUT2D eigenvalue weighted by Crippen LogP contribution is -2.60. The molecule has 4 rings (SSSR count). The summed E-state index contributed by atoms with van der Waals surface area (Å²) < 4.78 is 5.34. The van der Waals surface area contributed by atoms with Crippen molar-refractivity contribution in [1.82, 2.24) is 20.4 Å². The number of rotatable bonds is 10. The number of anilines is 1. The number of carbonyl (C=O) groups excluding carboxylic acids is 2. The van der Waals surface area contributed by atoms with Gasteiger partial charge in [0.1, 0.15) is 6.04 Å². The van der Waals surface area contributed by atoms with Gasteiger partial charge in [0.25, 0.3) is 0 Å². The number of piperazine rings is 2. The van der Waals surface area contributed by atoms with Gasteiger partial charge in [-0.1, -0.05) is 47.5 Å². The van der Waals surface area contributed by atoms with Crippen LogP contribution in [0.5, 0.6) is 0 Å². The van der Waals surface area contributed by atoms with E-state index in [0.717, 1.165) is 31.7 Å². The largest absolute Gasteiger partial charge is 0.380 e. The molecule has 0 bridgehead atoms. The first kappa shape index (κ1) is 28.6. The van der Waals surface area contributed by atoms with Crippen molar-refractivity contribution >= 4 is 40.7 Å². The highest BCUT2D eigenvalue weighted by Crippen LogP contribution is 2.26. The van der Waals surface area contributed by atoms with E-state index in [9.17, 15) is 9.59 Å². The van der Waals surface area contributed by atoms with Crippen molar-refractivity contribution in [3.05, 3.63) is 63.6 Å². The van der Waals surface area contributed by atoms with E-state index in [-0.39, 0.29) is 24.5 Å². The summed E-state index contributed by atoms with van der Waals surface area (Å²) in [4.78, 5) is 32.6. The average Bonchev–Trinajstić information content (AvgIpc) is 2.93. The van der Waals surface area contributed by atoms with Gasteiger partial charge in [-0.3, -0.25) is 9.59 Å². The molecular formula is C28H37Cl2N5O3. The molecule has 206 valence electrons. The SMILES string of the molecule is COC(C)CNCc1ccccc1N1CCN(C(=O)C(Cc2ccc(Cl)cc2Cl)N2CCNCC2=O)CC1. The molecule has 0 radical (unpaired) electrons. The molecule has 2 unspecified atom stereocenters. The van der Waals surface area contributed by atoms with Gasteiger partial charge in [-0.25, -0.2) is 0 Å². The van der Waals surface area contributed by atoms with E-state index in [0.29, 0.717) is 42.6 Å². The minimum atomic E-state index is -0.603. The Morgan fingerprint density at radius 1 is 1.08 bits per heavy atom. The number of para-hydroxylation sites is 1. The van der Waals surface area contributed by atoms with Crippen LogP contribution in [0.15, 0.2) is 42.5 Å². The summed E-state index contributed by atoms with van der Waals surface area (Å²) in [6.45, 7) is 7.57. The average molecular weight is 563 g/mol. The number of ether oxygens (including phenoxy) is 1. The molecule has 2 N–H and O–H groups in total. The van der Waals surface area contributed by atoms with E-state index >= 15 is 0 Å². The third-order valence-electron chi connectivity index (χ3n) is 7.29. The minimum absolute atomic E-state index is 0.0329. The number of hydrogen-bond acceptors (Lipinski definition) is 6. The smallest absolute Gasteiger partial charge is 0.245 e. The van der Waals surface area contributed by atoms with Crippen LogP contribution in [0.2, 0.25) is 10.0 Å². The summed E-state index contributed by atoms with van der Waals surface area (Å²) in [5.74, 6) is -0.100. The Hall–Kier alpha value is -2.36. The molecule has 2 aliphatic heterocycles. The topological polar surface area (TPSA) is 77.2 Å². The maximum absolute atomic E-state index is 13.9. The summed E-state index contributed by atoms with van der Waals surface area (Å²) in [6.07, 6.45) is 0.504. The van der Waals surface area contributed by atoms with Crippen LogP contribution in [-0.4, -0.2) is 93.2 Å². The molecule has 0 aromatic heterocycles. The first-order chi connectivity index (χ1) is 18.4. The van der Waals surface area contributed by atoms with Crippen molar-refractivity contribution in [3.63, 3.8) is 0 Å². The molecule has 0 saturated carbocycles. The summed E-state index contributed by atoms with van der Waals surface area (Å²) in [6, 6.07) is 13.1. The second-order valence-corrected chi connectivity index (χ2v) is 10.7. The van der Waals surface area contributed by atoms with Gasteiger partial charge in [0, 0.05) is 81.6 Å². The van der Waals surface area contributed by atoms with Gasteiger partial charge in [-0.2, -0.15) is 0 Å². The van der Waals surface area contributed by atoms with Gasteiger partial charge in [0.05, 0.1) is 12.6 Å². The van der Waals surface area contributed by atoms with Crippen LogP contribution in [0.25, 0.3) is 0 Å². The number of benzene rings is 2. The minimum Gasteiger partial charge on any atom is -0.380 e. The molecule has 2 aliphatic rings. The van der Waals surface area contributed by atoms with Crippen LogP contribution in [0.1, 0.15) is 18.1 Å². The van der Waals surface area contributed by atoms with Crippen LogP contribution in [0.3, 0.4) is 0 Å². The van der Waals surface area contributed by atoms with E-state index < -0.39 is 6.04 Å². The van der Waals surface area contributed by atoms with Gasteiger partial charge in [0.15, 0.2) is 0 Å². The molecule has 2 atom stereocenters. The first-order valence-electron chi connectivity index (χ1n) is 13.2.